The lowest BCUT2D eigenvalue weighted by atomic mass is 10.2. The Morgan fingerprint density at radius 2 is 2.09 bits per heavy atom. The third-order valence-corrected chi connectivity index (χ3v) is 2.77. The molecule has 0 bridgehead atoms. The summed E-state index contributed by atoms with van der Waals surface area (Å²) in [5, 5.41) is 0. The van der Waals surface area contributed by atoms with Crippen molar-refractivity contribution in [3.63, 3.8) is 0 Å². The average Bonchev–Trinajstić information content (AvgIpc) is 2.33. The molecule has 0 saturated carbocycles. The second kappa shape index (κ2) is 3.55. The number of rotatable bonds is 2. The Labute approximate surface area is 70.2 Å². The van der Waals surface area contributed by atoms with E-state index in [0.29, 0.717) is 12.2 Å². The van der Waals surface area contributed by atoms with Crippen molar-refractivity contribution in [1.82, 2.24) is 9.80 Å². The largest absolute Gasteiger partial charge is 0.291 e. The fourth-order valence-corrected chi connectivity index (χ4v) is 1.75. The molecule has 0 amide bonds. The van der Waals surface area contributed by atoms with Gasteiger partial charge in [0.2, 0.25) is 0 Å². The summed E-state index contributed by atoms with van der Waals surface area (Å²) in [4.78, 5) is 4.90. The van der Waals surface area contributed by atoms with Crippen LogP contribution in [0.3, 0.4) is 0 Å². The minimum atomic E-state index is 0.667. The Hall–Kier alpha value is -0.0800. The van der Waals surface area contributed by atoms with Gasteiger partial charge in [0, 0.05) is 6.04 Å². The molecule has 1 unspecified atom stereocenters. The zero-order valence-electron chi connectivity index (χ0n) is 8.17. The van der Waals surface area contributed by atoms with Crippen molar-refractivity contribution in [2.75, 3.05) is 20.6 Å². The van der Waals surface area contributed by atoms with E-state index < -0.39 is 0 Å². The molecule has 2 heteroatoms. The number of likely N-dealkylation sites (tertiary alicyclic amines) is 1. The van der Waals surface area contributed by atoms with Crippen LogP contribution in [-0.4, -0.2) is 42.6 Å². The van der Waals surface area contributed by atoms with E-state index in [4.69, 9.17) is 0 Å². The fourth-order valence-electron chi connectivity index (χ4n) is 1.75. The number of hydrogen-bond donors (Lipinski definition) is 0. The first-order chi connectivity index (χ1) is 5.13. The molecule has 1 atom stereocenters. The molecule has 0 spiro atoms. The van der Waals surface area contributed by atoms with Gasteiger partial charge in [0.05, 0.1) is 6.17 Å². The monoisotopic (exact) mass is 156 g/mol. The third kappa shape index (κ3) is 1.94. The zero-order chi connectivity index (χ0) is 8.43. The maximum absolute atomic E-state index is 2.45. The summed E-state index contributed by atoms with van der Waals surface area (Å²) in [6.45, 7) is 5.78. The van der Waals surface area contributed by atoms with E-state index in [1.165, 1.54) is 19.4 Å². The lowest BCUT2D eigenvalue weighted by molar-refractivity contribution is 0.0926. The lowest BCUT2D eigenvalue weighted by Gasteiger charge is -2.32. The van der Waals surface area contributed by atoms with E-state index in [2.05, 4.69) is 37.7 Å². The third-order valence-electron chi connectivity index (χ3n) is 2.77. The van der Waals surface area contributed by atoms with E-state index in [1.54, 1.807) is 0 Å². The van der Waals surface area contributed by atoms with Gasteiger partial charge >= 0.3 is 0 Å². The molecule has 11 heavy (non-hydrogen) atoms. The van der Waals surface area contributed by atoms with Crippen molar-refractivity contribution in [3.05, 3.63) is 0 Å². The van der Waals surface area contributed by atoms with Gasteiger partial charge in [0.15, 0.2) is 0 Å². The predicted octanol–water partition coefficient (Wildman–Crippen LogP) is 1.38. The van der Waals surface area contributed by atoms with Gasteiger partial charge in [-0.05, 0) is 47.3 Å². The van der Waals surface area contributed by atoms with Gasteiger partial charge in [0.1, 0.15) is 0 Å². The molecule has 1 heterocycles. The summed E-state index contributed by atoms with van der Waals surface area (Å²) in [7, 11) is 4.44. The Balaban J connectivity index is 2.45. The molecular formula is C9H20N2. The molecule has 1 aliphatic rings. The van der Waals surface area contributed by atoms with Crippen molar-refractivity contribution in [3.8, 4) is 0 Å². The fraction of sp³-hybridized carbons (Fsp3) is 1.00. The van der Waals surface area contributed by atoms with Gasteiger partial charge in [-0.2, -0.15) is 0 Å². The molecule has 1 rings (SSSR count). The molecule has 1 fully saturated rings. The normalized spacial score (nSPS) is 27.3. The molecule has 0 aromatic rings. The number of nitrogens with zero attached hydrogens (tertiary/aromatic N) is 2. The minimum Gasteiger partial charge on any atom is -0.291 e. The maximum atomic E-state index is 2.45. The van der Waals surface area contributed by atoms with Crippen LogP contribution in [0.4, 0.5) is 0 Å². The van der Waals surface area contributed by atoms with Gasteiger partial charge < -0.3 is 0 Å². The molecule has 0 aromatic heterocycles. The quantitative estimate of drug-likeness (QED) is 0.596. The predicted molar refractivity (Wildman–Crippen MR) is 48.6 cm³/mol. The highest BCUT2D eigenvalue weighted by Crippen LogP contribution is 2.18. The highest BCUT2D eigenvalue weighted by molar-refractivity contribution is 4.76. The van der Waals surface area contributed by atoms with Crippen LogP contribution in [0.1, 0.15) is 26.7 Å². The molecule has 1 saturated heterocycles. The van der Waals surface area contributed by atoms with Crippen LogP contribution in [0.15, 0.2) is 0 Å². The Morgan fingerprint density at radius 3 is 2.45 bits per heavy atom. The summed E-state index contributed by atoms with van der Waals surface area (Å²) in [5.74, 6) is 0. The Kier molecular flexibility index (Phi) is 2.90. The van der Waals surface area contributed by atoms with Crippen LogP contribution in [-0.2, 0) is 0 Å². The molecule has 0 aromatic carbocycles. The van der Waals surface area contributed by atoms with Crippen molar-refractivity contribution in [2.24, 2.45) is 0 Å². The highest BCUT2D eigenvalue weighted by Gasteiger charge is 2.25. The standard InChI is InChI=1S/C9H20N2/c1-8(2)11(4)9-6-5-7-10(9)3/h8-9H,5-7H2,1-4H3. The average molecular weight is 156 g/mol. The second-order valence-electron chi connectivity index (χ2n) is 3.86. The van der Waals surface area contributed by atoms with Crippen molar-refractivity contribution in [1.29, 1.82) is 0 Å². The van der Waals surface area contributed by atoms with E-state index >= 15 is 0 Å². The van der Waals surface area contributed by atoms with Crippen molar-refractivity contribution >= 4 is 0 Å². The summed E-state index contributed by atoms with van der Waals surface area (Å²) < 4.78 is 0. The van der Waals surface area contributed by atoms with Crippen molar-refractivity contribution < 1.29 is 0 Å². The maximum Gasteiger partial charge on any atom is 0.0620 e. The van der Waals surface area contributed by atoms with Crippen LogP contribution < -0.4 is 0 Å². The molecule has 66 valence electrons. The van der Waals surface area contributed by atoms with Crippen LogP contribution in [0, 0.1) is 0 Å². The van der Waals surface area contributed by atoms with Crippen LogP contribution in [0.25, 0.3) is 0 Å². The summed E-state index contributed by atoms with van der Waals surface area (Å²) in [6.07, 6.45) is 3.39. The Bertz CT molecular complexity index is 123. The van der Waals surface area contributed by atoms with Gasteiger partial charge in [-0.1, -0.05) is 0 Å². The van der Waals surface area contributed by atoms with Crippen LogP contribution in [0.2, 0.25) is 0 Å². The van der Waals surface area contributed by atoms with E-state index in [9.17, 15) is 0 Å². The topological polar surface area (TPSA) is 6.48 Å². The first-order valence-electron chi connectivity index (χ1n) is 4.55. The molecule has 2 nitrogen and oxygen atoms in total. The molecule has 1 aliphatic heterocycles. The molecule has 0 N–H and O–H groups in total. The second-order valence-corrected chi connectivity index (χ2v) is 3.86. The van der Waals surface area contributed by atoms with Gasteiger partial charge in [-0.15, -0.1) is 0 Å². The number of hydrogen-bond acceptors (Lipinski definition) is 2. The van der Waals surface area contributed by atoms with Crippen LogP contribution in [0.5, 0.6) is 0 Å². The highest BCUT2D eigenvalue weighted by atomic mass is 15.3. The SMILES string of the molecule is CC(C)N(C)C1CCCN1C. The molecular weight excluding hydrogens is 136 g/mol. The lowest BCUT2D eigenvalue weighted by Crippen LogP contribution is -2.43. The van der Waals surface area contributed by atoms with Crippen LogP contribution >= 0.6 is 0 Å². The first-order valence-corrected chi connectivity index (χ1v) is 4.55. The zero-order valence-corrected chi connectivity index (χ0v) is 8.17. The van der Waals surface area contributed by atoms with Gasteiger partial charge in [-0.25, -0.2) is 0 Å². The summed E-state index contributed by atoms with van der Waals surface area (Å²) in [6, 6.07) is 0.667. The van der Waals surface area contributed by atoms with Gasteiger partial charge in [0.25, 0.3) is 0 Å². The molecule has 0 radical (unpaired) electrons. The van der Waals surface area contributed by atoms with E-state index in [0.717, 1.165) is 0 Å². The summed E-state index contributed by atoms with van der Waals surface area (Å²) in [5.41, 5.74) is 0. The Morgan fingerprint density at radius 1 is 1.45 bits per heavy atom. The van der Waals surface area contributed by atoms with E-state index in [1.807, 2.05) is 0 Å². The van der Waals surface area contributed by atoms with E-state index in [-0.39, 0.29) is 0 Å². The molecule has 0 aliphatic carbocycles. The van der Waals surface area contributed by atoms with Gasteiger partial charge in [-0.3, -0.25) is 9.80 Å². The minimum absolute atomic E-state index is 0.667. The summed E-state index contributed by atoms with van der Waals surface area (Å²) >= 11 is 0. The smallest absolute Gasteiger partial charge is 0.0620 e. The van der Waals surface area contributed by atoms with Crippen molar-refractivity contribution in [2.45, 2.75) is 38.9 Å². The first kappa shape index (κ1) is 9.01.